The van der Waals surface area contributed by atoms with Crippen molar-refractivity contribution < 1.29 is 13.2 Å². The number of hydrogen-bond acceptors (Lipinski definition) is 1. The lowest BCUT2D eigenvalue weighted by Crippen LogP contribution is -2.01. The quantitative estimate of drug-likeness (QED) is 0.580. The lowest BCUT2D eigenvalue weighted by atomic mass is 10.2. The first kappa shape index (κ1) is 14.4. The molecule has 0 fully saturated rings. The van der Waals surface area contributed by atoms with E-state index >= 15 is 0 Å². The van der Waals surface area contributed by atoms with E-state index in [0.29, 0.717) is 22.5 Å². The first-order valence-electron chi connectivity index (χ1n) is 5.89. The molecule has 21 heavy (non-hydrogen) atoms. The van der Waals surface area contributed by atoms with Crippen LogP contribution in [0.1, 0.15) is 5.82 Å². The number of benzene rings is 2. The molecule has 1 heterocycles. The van der Waals surface area contributed by atoms with Crippen LogP contribution in [0.15, 0.2) is 34.8 Å². The highest BCUT2D eigenvalue weighted by Crippen LogP contribution is 2.28. The van der Waals surface area contributed by atoms with Gasteiger partial charge in [-0.25, -0.2) is 18.2 Å². The second-order valence-electron chi connectivity index (χ2n) is 4.35. The van der Waals surface area contributed by atoms with E-state index in [4.69, 9.17) is 11.6 Å². The number of nitrogens with zero attached hydrogens (tertiary/aromatic N) is 2. The summed E-state index contributed by atoms with van der Waals surface area (Å²) in [7, 11) is 0. The molecular weight excluding hydrogens is 369 g/mol. The molecule has 0 saturated heterocycles. The van der Waals surface area contributed by atoms with Gasteiger partial charge in [-0.15, -0.1) is 11.6 Å². The maximum absolute atomic E-state index is 13.7. The van der Waals surface area contributed by atoms with Gasteiger partial charge in [-0.3, -0.25) is 4.57 Å². The van der Waals surface area contributed by atoms with Gasteiger partial charge >= 0.3 is 0 Å². The van der Waals surface area contributed by atoms with E-state index < -0.39 is 17.5 Å². The van der Waals surface area contributed by atoms with Crippen LogP contribution in [0.2, 0.25) is 0 Å². The first-order valence-corrected chi connectivity index (χ1v) is 7.22. The van der Waals surface area contributed by atoms with Gasteiger partial charge in [0.05, 0.1) is 27.1 Å². The summed E-state index contributed by atoms with van der Waals surface area (Å²) in [5.41, 5.74) is 1.26. The molecule has 0 spiro atoms. The molecule has 7 heteroatoms. The minimum atomic E-state index is -0.993. The van der Waals surface area contributed by atoms with Crippen LogP contribution in [0.4, 0.5) is 13.2 Å². The van der Waals surface area contributed by atoms with E-state index in [1.165, 1.54) is 22.8 Å². The van der Waals surface area contributed by atoms with Crippen LogP contribution in [-0.2, 0) is 5.88 Å². The molecule has 2 aromatic carbocycles. The second-order valence-corrected chi connectivity index (χ2v) is 5.47. The van der Waals surface area contributed by atoms with Crippen molar-refractivity contribution in [2.45, 2.75) is 5.88 Å². The van der Waals surface area contributed by atoms with Gasteiger partial charge in [-0.05, 0) is 34.1 Å². The third-order valence-corrected chi connectivity index (χ3v) is 3.89. The molecule has 0 saturated carbocycles. The highest BCUT2D eigenvalue weighted by molar-refractivity contribution is 9.10. The highest BCUT2D eigenvalue weighted by Gasteiger charge is 2.15. The van der Waals surface area contributed by atoms with Crippen molar-refractivity contribution in [2.24, 2.45) is 0 Å². The number of rotatable bonds is 2. The van der Waals surface area contributed by atoms with Crippen LogP contribution < -0.4 is 0 Å². The zero-order valence-corrected chi connectivity index (χ0v) is 12.7. The van der Waals surface area contributed by atoms with Crippen molar-refractivity contribution in [3.63, 3.8) is 0 Å². The lowest BCUT2D eigenvalue weighted by molar-refractivity contribution is 0.508. The van der Waals surface area contributed by atoms with Crippen LogP contribution in [0.3, 0.4) is 0 Å². The van der Waals surface area contributed by atoms with E-state index in [0.717, 1.165) is 12.1 Å². The Bertz CT molecular complexity index is 848. The van der Waals surface area contributed by atoms with Gasteiger partial charge in [0.25, 0.3) is 0 Å². The smallest absolute Gasteiger partial charge is 0.160 e. The van der Waals surface area contributed by atoms with Gasteiger partial charge in [-0.2, -0.15) is 0 Å². The van der Waals surface area contributed by atoms with Crippen molar-refractivity contribution >= 4 is 38.6 Å². The van der Waals surface area contributed by atoms with E-state index in [9.17, 15) is 13.2 Å². The number of hydrogen-bond donors (Lipinski definition) is 0. The highest BCUT2D eigenvalue weighted by atomic mass is 79.9. The van der Waals surface area contributed by atoms with E-state index in [1.807, 2.05) is 0 Å². The fourth-order valence-corrected chi connectivity index (χ4v) is 2.64. The fraction of sp³-hybridized carbons (Fsp3) is 0.0714. The largest absolute Gasteiger partial charge is 0.295 e. The number of fused-ring (bicyclic) bond motifs is 1. The Morgan fingerprint density at radius 2 is 1.81 bits per heavy atom. The van der Waals surface area contributed by atoms with Crippen LogP contribution >= 0.6 is 27.5 Å². The topological polar surface area (TPSA) is 17.8 Å². The number of aromatic nitrogens is 2. The molecule has 2 nitrogen and oxygen atoms in total. The molecule has 0 amide bonds. The molecular formula is C14H7BrClF3N2. The van der Waals surface area contributed by atoms with Crippen molar-refractivity contribution in [1.29, 1.82) is 0 Å². The third-order valence-electron chi connectivity index (χ3n) is 3.05. The predicted octanol–water partition coefficient (Wildman–Crippen LogP) is 4.94. The molecule has 0 aliphatic heterocycles. The molecule has 0 atom stereocenters. The molecule has 0 radical (unpaired) electrons. The molecule has 3 rings (SSSR count). The monoisotopic (exact) mass is 374 g/mol. The second kappa shape index (κ2) is 5.35. The normalized spacial score (nSPS) is 11.3. The molecule has 0 unspecified atom stereocenters. The van der Waals surface area contributed by atoms with Crippen molar-refractivity contribution in [1.82, 2.24) is 9.55 Å². The van der Waals surface area contributed by atoms with Crippen LogP contribution in [0, 0.1) is 17.5 Å². The van der Waals surface area contributed by atoms with Crippen molar-refractivity contribution in [2.75, 3.05) is 0 Å². The Balaban J connectivity index is 2.34. The van der Waals surface area contributed by atoms with Gasteiger partial charge in [0, 0.05) is 12.1 Å². The fourth-order valence-electron chi connectivity index (χ4n) is 2.12. The maximum Gasteiger partial charge on any atom is 0.160 e. The molecule has 3 aromatic rings. The average Bonchev–Trinajstić information content (AvgIpc) is 2.80. The zero-order valence-electron chi connectivity index (χ0n) is 10.4. The summed E-state index contributed by atoms with van der Waals surface area (Å²) < 4.78 is 42.0. The Hall–Kier alpha value is -1.53. The predicted molar refractivity (Wildman–Crippen MR) is 78.2 cm³/mol. The molecule has 1 aromatic heterocycles. The maximum atomic E-state index is 13.7. The van der Waals surface area contributed by atoms with Crippen molar-refractivity contribution in [3.05, 3.63) is 58.1 Å². The molecule has 0 N–H and O–H groups in total. The number of halogens is 5. The summed E-state index contributed by atoms with van der Waals surface area (Å²) in [4.78, 5) is 4.28. The zero-order chi connectivity index (χ0) is 15.1. The molecule has 0 aliphatic carbocycles. The van der Waals surface area contributed by atoms with Crippen LogP contribution in [0.25, 0.3) is 16.7 Å². The van der Waals surface area contributed by atoms with Gasteiger partial charge < -0.3 is 0 Å². The lowest BCUT2D eigenvalue weighted by Gasteiger charge is -2.08. The van der Waals surface area contributed by atoms with Gasteiger partial charge in [0.2, 0.25) is 0 Å². The minimum Gasteiger partial charge on any atom is -0.295 e. The summed E-state index contributed by atoms with van der Waals surface area (Å²) in [5, 5.41) is 0. The Morgan fingerprint density at radius 3 is 2.48 bits per heavy atom. The third kappa shape index (κ3) is 2.42. The molecule has 108 valence electrons. The standard InChI is InChI=1S/C14H7BrClF3N2/c15-8-4-12-13(5-10(8)18)21(14(6-16)20-12)7-1-2-9(17)11(19)3-7/h1-5H,6H2. The number of alkyl halides is 1. The van der Waals surface area contributed by atoms with E-state index in [-0.39, 0.29) is 10.4 Å². The van der Waals surface area contributed by atoms with E-state index in [1.54, 1.807) is 0 Å². The van der Waals surface area contributed by atoms with Crippen LogP contribution in [-0.4, -0.2) is 9.55 Å². The summed E-state index contributed by atoms with van der Waals surface area (Å²) in [6, 6.07) is 6.19. The Morgan fingerprint density at radius 1 is 1.05 bits per heavy atom. The Labute approximate surface area is 131 Å². The van der Waals surface area contributed by atoms with Crippen molar-refractivity contribution in [3.8, 4) is 5.69 Å². The minimum absolute atomic E-state index is 0.0485. The molecule has 0 aliphatic rings. The van der Waals surface area contributed by atoms with Gasteiger partial charge in [0.15, 0.2) is 11.6 Å². The summed E-state index contributed by atoms with van der Waals surface area (Å²) in [6.45, 7) is 0. The van der Waals surface area contributed by atoms with Crippen LogP contribution in [0.5, 0.6) is 0 Å². The summed E-state index contributed by atoms with van der Waals surface area (Å²) >= 11 is 8.93. The number of imidazole rings is 1. The van der Waals surface area contributed by atoms with Gasteiger partial charge in [0.1, 0.15) is 11.6 Å². The molecule has 0 bridgehead atoms. The Kier molecular flexibility index (Phi) is 3.67. The summed E-state index contributed by atoms with van der Waals surface area (Å²) in [5.74, 6) is -1.97. The van der Waals surface area contributed by atoms with Gasteiger partial charge in [-0.1, -0.05) is 0 Å². The SMILES string of the molecule is Fc1ccc(-n2c(CCl)nc3cc(Br)c(F)cc32)cc1F. The summed E-state index contributed by atoms with van der Waals surface area (Å²) in [6.07, 6.45) is 0. The van der Waals surface area contributed by atoms with E-state index in [2.05, 4.69) is 20.9 Å². The average molecular weight is 376 g/mol. The first-order chi connectivity index (χ1) is 10.0.